The van der Waals surface area contributed by atoms with Crippen LogP contribution in [-0.4, -0.2) is 90.0 Å². The van der Waals surface area contributed by atoms with Crippen LogP contribution in [0.3, 0.4) is 0 Å². The molecule has 2 aliphatic rings. The second-order valence-electron chi connectivity index (χ2n) is 10.0. The highest BCUT2D eigenvalue weighted by atomic mass is 32.2. The Bertz CT molecular complexity index is 1510. The average Bonchev–Trinajstić information content (AvgIpc) is 3.60. The van der Waals surface area contributed by atoms with Crippen molar-refractivity contribution in [2.45, 2.75) is 17.7 Å². The van der Waals surface area contributed by atoms with E-state index in [0.717, 1.165) is 64.3 Å². The van der Waals surface area contributed by atoms with Gasteiger partial charge in [-0.15, -0.1) is 5.10 Å². The average molecular weight is 538 g/mol. The molecule has 2 N–H and O–H groups in total. The van der Waals surface area contributed by atoms with E-state index in [4.69, 9.17) is 10.2 Å². The normalized spacial score (nSPS) is 19.3. The molecule has 0 unspecified atom stereocenters. The van der Waals surface area contributed by atoms with Crippen molar-refractivity contribution < 1.29 is 12.8 Å². The summed E-state index contributed by atoms with van der Waals surface area (Å²) in [5.74, 6) is 2.72. The van der Waals surface area contributed by atoms with Crippen LogP contribution in [0, 0.1) is 5.92 Å². The first-order valence-corrected chi connectivity index (χ1v) is 14.7. The van der Waals surface area contributed by atoms with Crippen molar-refractivity contribution in [1.82, 2.24) is 29.5 Å². The van der Waals surface area contributed by atoms with E-state index in [9.17, 15) is 8.42 Å². The first-order valence-electron chi connectivity index (χ1n) is 12.8. The van der Waals surface area contributed by atoms with Crippen molar-refractivity contribution in [3.63, 3.8) is 0 Å². The minimum Gasteiger partial charge on any atom is -0.461 e. The number of piperidine rings is 1. The molecule has 2 fully saturated rings. The van der Waals surface area contributed by atoms with Crippen molar-refractivity contribution in [2.24, 2.45) is 5.92 Å². The second-order valence-corrected chi connectivity index (χ2v) is 12.0. The Hall–Kier alpha value is -3.71. The Morgan fingerprint density at radius 3 is 2.50 bits per heavy atom. The molecular weight excluding hydrogens is 506 g/mol. The van der Waals surface area contributed by atoms with Gasteiger partial charge in [0.15, 0.2) is 15.6 Å². The van der Waals surface area contributed by atoms with Crippen molar-refractivity contribution in [1.29, 1.82) is 0 Å². The zero-order valence-corrected chi connectivity index (χ0v) is 22.1. The van der Waals surface area contributed by atoms with E-state index in [1.165, 1.54) is 10.8 Å². The smallest absolute Gasteiger partial charge is 0.259 e. The van der Waals surface area contributed by atoms with Gasteiger partial charge in [0.1, 0.15) is 0 Å². The first kappa shape index (κ1) is 24.6. The molecule has 1 atom stereocenters. The molecule has 12 nitrogen and oxygen atoms in total. The fraction of sp³-hybridized carbons (Fsp3) is 0.440. The summed E-state index contributed by atoms with van der Waals surface area (Å²) in [5, 5.41) is 4.38. The molecule has 13 heteroatoms. The topological polar surface area (TPSA) is 139 Å². The second kappa shape index (κ2) is 9.87. The summed E-state index contributed by atoms with van der Waals surface area (Å²) < 4.78 is 30.3. The van der Waals surface area contributed by atoms with E-state index < -0.39 is 9.84 Å². The van der Waals surface area contributed by atoms with E-state index >= 15 is 0 Å². The number of benzene rings is 1. The van der Waals surface area contributed by atoms with Crippen LogP contribution in [0.15, 0.2) is 52.0 Å². The number of hydrogen-bond donors (Lipinski definition) is 1. The van der Waals surface area contributed by atoms with Crippen LogP contribution in [0.25, 0.3) is 17.4 Å². The first-order chi connectivity index (χ1) is 18.3. The number of nitrogen functional groups attached to an aromatic ring is 1. The molecule has 0 radical (unpaired) electrons. The summed E-state index contributed by atoms with van der Waals surface area (Å²) in [6.45, 7) is 6.52. The monoisotopic (exact) mass is 537 g/mol. The number of sulfone groups is 1. The summed E-state index contributed by atoms with van der Waals surface area (Å²) in [6, 6.07) is 10.8. The zero-order valence-electron chi connectivity index (χ0n) is 21.3. The Labute approximate surface area is 221 Å². The van der Waals surface area contributed by atoms with Gasteiger partial charge in [-0.2, -0.15) is 19.5 Å². The molecule has 2 saturated heterocycles. The van der Waals surface area contributed by atoms with Crippen molar-refractivity contribution in [3.8, 4) is 11.6 Å². The number of nitrogens with two attached hydrogens (primary N) is 1. The third-order valence-corrected chi connectivity index (χ3v) is 8.41. The van der Waals surface area contributed by atoms with Gasteiger partial charge in [-0.25, -0.2) is 8.42 Å². The van der Waals surface area contributed by atoms with Crippen LogP contribution in [0.5, 0.6) is 0 Å². The lowest BCUT2D eigenvalue weighted by Crippen LogP contribution is -2.49. The van der Waals surface area contributed by atoms with Gasteiger partial charge in [-0.05, 0) is 55.2 Å². The van der Waals surface area contributed by atoms with Crippen molar-refractivity contribution >= 4 is 33.2 Å². The summed E-state index contributed by atoms with van der Waals surface area (Å²) in [6.07, 6.45) is 5.04. The molecule has 5 heterocycles. The van der Waals surface area contributed by atoms with E-state index in [0.29, 0.717) is 34.1 Å². The van der Waals surface area contributed by atoms with Gasteiger partial charge in [0.05, 0.1) is 11.2 Å². The third-order valence-electron chi connectivity index (χ3n) is 7.28. The SMILES string of the molecule is CS(=O)(=O)c1ccc(N2CCN(C[C@H]3CCCN(c4nc(N)n5nc(-c6ccco6)nc5n4)C3)CC2)cc1. The molecule has 1 aromatic carbocycles. The molecule has 0 saturated carbocycles. The van der Waals surface area contributed by atoms with Crippen LogP contribution in [0.2, 0.25) is 0 Å². The third kappa shape index (κ3) is 5.03. The standard InChI is InChI=1S/C25H31N9O3S/c1-38(35,36)20-8-6-19(7-9-20)32-13-11-31(12-14-32)16-18-4-2-10-33(17-18)24-28-23(26)34-25(29-24)27-22(30-34)21-5-3-15-37-21/h3,5-9,15,18H,2,4,10-14,16-17H2,1H3,(H2,26,27,28,29,30)/t18-/m1/s1. The van der Waals surface area contributed by atoms with Crippen molar-refractivity contribution in [3.05, 3.63) is 42.7 Å². The highest BCUT2D eigenvalue weighted by Crippen LogP contribution is 2.25. The molecule has 0 bridgehead atoms. The molecule has 38 heavy (non-hydrogen) atoms. The molecular formula is C25H31N9O3S. The van der Waals surface area contributed by atoms with Crippen LogP contribution in [-0.2, 0) is 9.84 Å². The molecule has 200 valence electrons. The van der Waals surface area contributed by atoms with Gasteiger partial charge in [-0.1, -0.05) is 0 Å². The maximum Gasteiger partial charge on any atom is 0.259 e. The Morgan fingerprint density at radius 2 is 1.79 bits per heavy atom. The molecule has 0 amide bonds. The van der Waals surface area contributed by atoms with Crippen LogP contribution >= 0.6 is 0 Å². The summed E-state index contributed by atoms with van der Waals surface area (Å²) in [5.41, 5.74) is 7.28. The summed E-state index contributed by atoms with van der Waals surface area (Å²) in [7, 11) is -3.18. The number of nitrogens with zero attached hydrogens (tertiary/aromatic N) is 8. The lowest BCUT2D eigenvalue weighted by Gasteiger charge is -2.40. The highest BCUT2D eigenvalue weighted by molar-refractivity contribution is 7.90. The summed E-state index contributed by atoms with van der Waals surface area (Å²) in [4.78, 5) is 21.1. The number of rotatable bonds is 6. The maximum absolute atomic E-state index is 11.7. The number of furan rings is 1. The zero-order chi connectivity index (χ0) is 26.3. The van der Waals surface area contributed by atoms with Crippen LogP contribution in [0.4, 0.5) is 17.6 Å². The van der Waals surface area contributed by atoms with Gasteiger partial charge in [0, 0.05) is 57.8 Å². The number of aromatic nitrogens is 5. The molecule has 4 aromatic rings. The largest absolute Gasteiger partial charge is 0.461 e. The molecule has 0 aliphatic carbocycles. The Morgan fingerprint density at radius 1 is 1.00 bits per heavy atom. The number of anilines is 3. The van der Waals surface area contributed by atoms with E-state index in [2.05, 4.69) is 34.8 Å². The minimum absolute atomic E-state index is 0.248. The van der Waals surface area contributed by atoms with E-state index in [-0.39, 0.29) is 5.95 Å². The predicted octanol–water partition coefficient (Wildman–Crippen LogP) is 1.80. The number of fused-ring (bicyclic) bond motifs is 1. The van der Waals surface area contributed by atoms with E-state index in [1.807, 2.05) is 12.1 Å². The van der Waals surface area contributed by atoms with Crippen molar-refractivity contribution in [2.75, 3.05) is 67.6 Å². The fourth-order valence-electron chi connectivity index (χ4n) is 5.30. The van der Waals surface area contributed by atoms with Gasteiger partial charge in [-0.3, -0.25) is 4.90 Å². The molecule has 3 aromatic heterocycles. The lowest BCUT2D eigenvalue weighted by atomic mass is 9.97. The summed E-state index contributed by atoms with van der Waals surface area (Å²) >= 11 is 0. The predicted molar refractivity (Wildman–Crippen MR) is 144 cm³/mol. The quantitative estimate of drug-likeness (QED) is 0.385. The highest BCUT2D eigenvalue weighted by Gasteiger charge is 2.27. The minimum atomic E-state index is -3.18. The van der Waals surface area contributed by atoms with Gasteiger partial charge < -0.3 is 20.0 Å². The molecule has 6 rings (SSSR count). The van der Waals surface area contributed by atoms with Gasteiger partial charge in [0.2, 0.25) is 17.7 Å². The molecule has 2 aliphatic heterocycles. The maximum atomic E-state index is 11.7. The Kier molecular flexibility index (Phi) is 6.40. The Balaban J connectivity index is 1.07. The van der Waals surface area contributed by atoms with E-state index in [1.54, 1.807) is 30.5 Å². The number of piperazine rings is 1. The van der Waals surface area contributed by atoms with Gasteiger partial charge >= 0.3 is 0 Å². The lowest BCUT2D eigenvalue weighted by molar-refractivity contribution is 0.205. The fourth-order valence-corrected chi connectivity index (χ4v) is 5.93. The molecule has 0 spiro atoms. The van der Waals surface area contributed by atoms with Crippen LogP contribution in [0.1, 0.15) is 12.8 Å². The van der Waals surface area contributed by atoms with Crippen LogP contribution < -0.4 is 15.5 Å². The number of hydrogen-bond acceptors (Lipinski definition) is 11. The van der Waals surface area contributed by atoms with Gasteiger partial charge in [0.25, 0.3) is 5.78 Å².